The van der Waals surface area contributed by atoms with E-state index >= 15 is 0 Å². The van der Waals surface area contributed by atoms with Gasteiger partial charge in [-0.15, -0.1) is 0 Å². The van der Waals surface area contributed by atoms with E-state index in [-0.39, 0.29) is 12.5 Å². The molecule has 1 unspecified atom stereocenters. The summed E-state index contributed by atoms with van der Waals surface area (Å²) in [5.41, 5.74) is 0. The van der Waals surface area contributed by atoms with E-state index in [9.17, 15) is 9.59 Å². The summed E-state index contributed by atoms with van der Waals surface area (Å²) in [6.07, 6.45) is 0.911. The molecule has 0 aliphatic carbocycles. The van der Waals surface area contributed by atoms with Gasteiger partial charge in [0.05, 0.1) is 5.92 Å². The zero-order chi connectivity index (χ0) is 12.6. The van der Waals surface area contributed by atoms with E-state index in [1.54, 1.807) is 6.92 Å². The quantitative estimate of drug-likeness (QED) is 0.570. The molecule has 0 aliphatic rings. The molecule has 0 heterocycles. The van der Waals surface area contributed by atoms with Gasteiger partial charge in [0.1, 0.15) is 0 Å². The lowest BCUT2D eigenvalue weighted by Gasteiger charge is -2.12. The highest BCUT2D eigenvalue weighted by atomic mass is 16.4. The van der Waals surface area contributed by atoms with Crippen LogP contribution >= 0.6 is 0 Å². The van der Waals surface area contributed by atoms with Crippen molar-refractivity contribution < 1.29 is 14.7 Å². The minimum absolute atomic E-state index is 0.104. The van der Waals surface area contributed by atoms with E-state index in [1.807, 2.05) is 13.8 Å². The van der Waals surface area contributed by atoms with Gasteiger partial charge < -0.3 is 15.7 Å². The Balaban J connectivity index is 3.67. The number of carbonyl (C=O) groups excluding carboxylic acids is 1. The van der Waals surface area contributed by atoms with Crippen molar-refractivity contribution in [1.82, 2.24) is 10.6 Å². The largest absolute Gasteiger partial charge is 0.481 e. The van der Waals surface area contributed by atoms with Crippen molar-refractivity contribution in [3.8, 4) is 0 Å². The number of hydrogen-bond donors (Lipinski definition) is 3. The summed E-state index contributed by atoms with van der Waals surface area (Å²) < 4.78 is 0. The molecule has 0 aromatic rings. The molecule has 0 aromatic heterocycles. The average Bonchev–Trinajstić information content (AvgIpc) is 2.17. The van der Waals surface area contributed by atoms with E-state index in [0.29, 0.717) is 25.4 Å². The van der Waals surface area contributed by atoms with Gasteiger partial charge >= 0.3 is 5.97 Å². The molecule has 0 radical (unpaired) electrons. The smallest absolute Gasteiger partial charge is 0.308 e. The number of aliphatic carboxylic acids is 1. The monoisotopic (exact) mass is 230 g/mol. The van der Waals surface area contributed by atoms with Gasteiger partial charge in [0, 0.05) is 25.6 Å². The Morgan fingerprint density at radius 2 is 1.94 bits per heavy atom. The molecular weight excluding hydrogens is 208 g/mol. The van der Waals surface area contributed by atoms with Gasteiger partial charge in [-0.05, 0) is 6.42 Å². The fourth-order valence-corrected chi connectivity index (χ4v) is 1.21. The molecule has 5 nitrogen and oxygen atoms in total. The molecule has 0 saturated heterocycles. The van der Waals surface area contributed by atoms with Crippen LogP contribution in [0.1, 0.15) is 33.6 Å². The zero-order valence-corrected chi connectivity index (χ0v) is 10.2. The SMILES string of the molecule is CCC(CNC(=O)CCNC(C)C)C(=O)O. The molecular formula is C11H22N2O3. The predicted octanol–water partition coefficient (Wildman–Crippen LogP) is 0.601. The fraction of sp³-hybridized carbons (Fsp3) is 0.818. The van der Waals surface area contributed by atoms with E-state index in [0.717, 1.165) is 0 Å². The maximum atomic E-state index is 11.3. The highest BCUT2D eigenvalue weighted by Gasteiger charge is 2.15. The van der Waals surface area contributed by atoms with Gasteiger partial charge in [0.2, 0.25) is 5.91 Å². The van der Waals surface area contributed by atoms with Crippen LogP contribution in [0.4, 0.5) is 0 Å². The molecule has 1 atom stereocenters. The van der Waals surface area contributed by atoms with Crippen LogP contribution in [0.2, 0.25) is 0 Å². The number of carboxylic acid groups (broad SMARTS) is 1. The van der Waals surface area contributed by atoms with E-state index < -0.39 is 11.9 Å². The van der Waals surface area contributed by atoms with Crippen molar-refractivity contribution in [3.63, 3.8) is 0 Å². The summed E-state index contributed by atoms with van der Waals surface area (Å²) in [4.78, 5) is 22.0. The Morgan fingerprint density at radius 1 is 1.31 bits per heavy atom. The third kappa shape index (κ3) is 7.23. The number of carboxylic acids is 1. The lowest BCUT2D eigenvalue weighted by molar-refractivity contribution is -0.141. The summed E-state index contributed by atoms with van der Waals surface area (Å²) >= 11 is 0. The van der Waals surface area contributed by atoms with Gasteiger partial charge in [0.25, 0.3) is 0 Å². The molecule has 3 N–H and O–H groups in total. The van der Waals surface area contributed by atoms with Crippen LogP contribution in [-0.4, -0.2) is 36.1 Å². The van der Waals surface area contributed by atoms with E-state index in [4.69, 9.17) is 5.11 Å². The lowest BCUT2D eigenvalue weighted by Crippen LogP contribution is -2.35. The van der Waals surface area contributed by atoms with Crippen LogP contribution in [0.15, 0.2) is 0 Å². The van der Waals surface area contributed by atoms with Gasteiger partial charge in [-0.25, -0.2) is 0 Å². The normalized spacial score (nSPS) is 12.5. The summed E-state index contributed by atoms with van der Waals surface area (Å²) in [5.74, 6) is -1.45. The number of rotatable bonds is 8. The Hall–Kier alpha value is -1.10. The van der Waals surface area contributed by atoms with Crippen molar-refractivity contribution in [3.05, 3.63) is 0 Å². The average molecular weight is 230 g/mol. The lowest BCUT2D eigenvalue weighted by atomic mass is 10.1. The molecule has 0 fully saturated rings. The molecule has 1 amide bonds. The van der Waals surface area contributed by atoms with Crippen molar-refractivity contribution in [1.29, 1.82) is 0 Å². The summed E-state index contributed by atoms with van der Waals surface area (Å²) in [6, 6.07) is 0.357. The molecule has 0 spiro atoms. The second kappa shape index (κ2) is 8.10. The number of amides is 1. The Morgan fingerprint density at radius 3 is 2.38 bits per heavy atom. The fourth-order valence-electron chi connectivity index (χ4n) is 1.21. The second-order valence-electron chi connectivity index (χ2n) is 4.11. The second-order valence-corrected chi connectivity index (χ2v) is 4.11. The Bertz CT molecular complexity index is 229. The molecule has 0 bridgehead atoms. The van der Waals surface area contributed by atoms with Crippen LogP contribution in [0, 0.1) is 5.92 Å². The third-order valence-corrected chi connectivity index (χ3v) is 2.29. The van der Waals surface area contributed by atoms with Crippen LogP contribution in [0.5, 0.6) is 0 Å². The molecule has 94 valence electrons. The number of carbonyl (C=O) groups is 2. The van der Waals surface area contributed by atoms with E-state index in [1.165, 1.54) is 0 Å². The highest BCUT2D eigenvalue weighted by molar-refractivity contribution is 5.77. The predicted molar refractivity (Wildman–Crippen MR) is 62.2 cm³/mol. The zero-order valence-electron chi connectivity index (χ0n) is 10.2. The van der Waals surface area contributed by atoms with Crippen LogP contribution in [0.3, 0.4) is 0 Å². The molecule has 0 aliphatic heterocycles. The molecule has 0 rings (SSSR count). The summed E-state index contributed by atoms with van der Waals surface area (Å²) in [6.45, 7) is 6.65. The first-order chi connectivity index (χ1) is 7.47. The van der Waals surface area contributed by atoms with Gasteiger partial charge in [-0.3, -0.25) is 9.59 Å². The highest BCUT2D eigenvalue weighted by Crippen LogP contribution is 2.00. The van der Waals surface area contributed by atoms with Crippen molar-refractivity contribution in [2.24, 2.45) is 5.92 Å². The molecule has 0 aromatic carbocycles. The first-order valence-corrected chi connectivity index (χ1v) is 5.70. The standard InChI is InChI=1S/C11H22N2O3/c1-4-9(11(15)16)7-13-10(14)5-6-12-8(2)3/h8-9,12H,4-7H2,1-3H3,(H,13,14)(H,15,16). The first-order valence-electron chi connectivity index (χ1n) is 5.70. The molecule has 0 saturated carbocycles. The van der Waals surface area contributed by atoms with Gasteiger partial charge in [-0.2, -0.15) is 0 Å². The summed E-state index contributed by atoms with van der Waals surface area (Å²) in [5, 5.41) is 14.5. The number of hydrogen-bond acceptors (Lipinski definition) is 3. The first kappa shape index (κ1) is 14.9. The van der Waals surface area contributed by atoms with Crippen molar-refractivity contribution >= 4 is 11.9 Å². The summed E-state index contributed by atoms with van der Waals surface area (Å²) in [7, 11) is 0. The number of nitrogens with one attached hydrogen (secondary N) is 2. The van der Waals surface area contributed by atoms with Crippen molar-refractivity contribution in [2.75, 3.05) is 13.1 Å². The molecule has 5 heteroatoms. The maximum Gasteiger partial charge on any atom is 0.308 e. The van der Waals surface area contributed by atoms with Crippen LogP contribution in [-0.2, 0) is 9.59 Å². The third-order valence-electron chi connectivity index (χ3n) is 2.29. The van der Waals surface area contributed by atoms with Crippen LogP contribution < -0.4 is 10.6 Å². The van der Waals surface area contributed by atoms with Crippen molar-refractivity contribution in [2.45, 2.75) is 39.7 Å². The van der Waals surface area contributed by atoms with Crippen LogP contribution in [0.25, 0.3) is 0 Å². The van der Waals surface area contributed by atoms with Gasteiger partial charge in [0.15, 0.2) is 0 Å². The van der Waals surface area contributed by atoms with E-state index in [2.05, 4.69) is 10.6 Å². The minimum Gasteiger partial charge on any atom is -0.481 e. The maximum absolute atomic E-state index is 11.3. The molecule has 16 heavy (non-hydrogen) atoms. The Kier molecular flexibility index (Phi) is 7.54. The topological polar surface area (TPSA) is 78.4 Å². The Labute approximate surface area is 96.6 Å². The van der Waals surface area contributed by atoms with Gasteiger partial charge in [-0.1, -0.05) is 20.8 Å². The minimum atomic E-state index is -0.858.